The van der Waals surface area contributed by atoms with Crippen LogP contribution in [0.2, 0.25) is 0 Å². The van der Waals surface area contributed by atoms with Crippen LogP contribution in [0.15, 0.2) is 0 Å². The Morgan fingerprint density at radius 1 is 1.42 bits per heavy atom. The predicted octanol–water partition coefficient (Wildman–Crippen LogP) is 0.0819. The van der Waals surface area contributed by atoms with Crippen LogP contribution in [0.4, 0.5) is 0 Å². The summed E-state index contributed by atoms with van der Waals surface area (Å²) in [5.74, 6) is -1.90. The molecular weight excluding hydrogens is 158 g/mol. The molecule has 2 aliphatic rings. The molecule has 0 spiro atoms. The van der Waals surface area contributed by atoms with Gasteiger partial charge in [-0.15, -0.1) is 0 Å². The minimum absolute atomic E-state index is 0.176. The van der Waals surface area contributed by atoms with E-state index in [0.29, 0.717) is 19.0 Å². The summed E-state index contributed by atoms with van der Waals surface area (Å²) in [5.41, 5.74) is 0. The average Bonchev–Trinajstić information content (AvgIpc) is 2.75. The van der Waals surface area contributed by atoms with Crippen LogP contribution < -0.4 is 0 Å². The smallest absolute Gasteiger partial charge is 0.316 e. The van der Waals surface area contributed by atoms with Crippen molar-refractivity contribution in [3.8, 4) is 0 Å². The second-order valence-electron chi connectivity index (χ2n) is 3.44. The topological polar surface area (TPSA) is 57.6 Å². The number of carboxylic acid groups (broad SMARTS) is 1. The van der Waals surface area contributed by atoms with Crippen molar-refractivity contribution >= 4 is 11.9 Å². The zero-order valence-electron chi connectivity index (χ0n) is 6.69. The summed E-state index contributed by atoms with van der Waals surface area (Å²) < 4.78 is 0. The van der Waals surface area contributed by atoms with Crippen molar-refractivity contribution in [2.45, 2.75) is 25.3 Å². The fourth-order valence-electron chi connectivity index (χ4n) is 1.68. The molecule has 0 aromatic carbocycles. The molecule has 1 N–H and O–H groups in total. The molecule has 4 nitrogen and oxygen atoms in total. The van der Waals surface area contributed by atoms with Crippen molar-refractivity contribution < 1.29 is 14.7 Å². The zero-order valence-corrected chi connectivity index (χ0v) is 6.69. The van der Waals surface area contributed by atoms with Crippen LogP contribution in [0, 0.1) is 5.92 Å². The van der Waals surface area contributed by atoms with Crippen LogP contribution >= 0.6 is 0 Å². The summed E-state index contributed by atoms with van der Waals surface area (Å²) >= 11 is 0. The first-order valence-corrected chi connectivity index (χ1v) is 4.23. The van der Waals surface area contributed by atoms with E-state index in [9.17, 15) is 9.59 Å². The number of likely N-dealkylation sites (tertiary alicyclic amines) is 1. The first-order valence-electron chi connectivity index (χ1n) is 4.23. The first-order chi connectivity index (χ1) is 5.70. The molecule has 12 heavy (non-hydrogen) atoms. The average molecular weight is 169 g/mol. The highest BCUT2D eigenvalue weighted by Gasteiger charge is 2.43. The molecule has 0 unspecified atom stereocenters. The van der Waals surface area contributed by atoms with Crippen LogP contribution in [-0.2, 0) is 9.59 Å². The number of carbonyl (C=O) groups excluding carboxylic acids is 1. The van der Waals surface area contributed by atoms with E-state index in [4.69, 9.17) is 5.11 Å². The van der Waals surface area contributed by atoms with Gasteiger partial charge < -0.3 is 10.0 Å². The molecule has 0 aromatic rings. The maximum absolute atomic E-state index is 11.4. The Morgan fingerprint density at radius 3 is 2.50 bits per heavy atom. The van der Waals surface area contributed by atoms with Crippen LogP contribution in [0.3, 0.4) is 0 Å². The van der Waals surface area contributed by atoms with Crippen molar-refractivity contribution in [1.29, 1.82) is 0 Å². The number of nitrogens with zero attached hydrogens (tertiary/aromatic N) is 1. The van der Waals surface area contributed by atoms with E-state index in [0.717, 1.165) is 12.8 Å². The van der Waals surface area contributed by atoms with E-state index in [-0.39, 0.29) is 5.91 Å². The molecule has 66 valence electrons. The molecule has 1 amide bonds. The standard InChI is InChI=1S/C8H11NO3/c10-7-6(8(11)12)3-4-9(7)5-1-2-5/h5-6H,1-4H2,(H,11,12)/t6-/m0/s1. The van der Waals surface area contributed by atoms with Gasteiger partial charge in [0.05, 0.1) is 0 Å². The van der Waals surface area contributed by atoms with Crippen LogP contribution in [0.25, 0.3) is 0 Å². The van der Waals surface area contributed by atoms with Crippen molar-refractivity contribution in [1.82, 2.24) is 4.90 Å². The van der Waals surface area contributed by atoms with Crippen molar-refractivity contribution in [3.63, 3.8) is 0 Å². The number of amides is 1. The van der Waals surface area contributed by atoms with E-state index >= 15 is 0 Å². The Bertz CT molecular complexity index is 234. The molecule has 1 saturated heterocycles. The third kappa shape index (κ3) is 1.07. The summed E-state index contributed by atoms with van der Waals surface area (Å²) in [6.45, 7) is 0.639. The Kier molecular flexibility index (Phi) is 1.56. The van der Waals surface area contributed by atoms with Gasteiger partial charge in [-0.25, -0.2) is 0 Å². The molecule has 2 fully saturated rings. The van der Waals surface area contributed by atoms with Gasteiger partial charge in [-0.05, 0) is 19.3 Å². The lowest BCUT2D eigenvalue weighted by molar-refractivity contribution is -0.147. The minimum Gasteiger partial charge on any atom is -0.481 e. The fourth-order valence-corrected chi connectivity index (χ4v) is 1.68. The minimum atomic E-state index is -0.969. The molecule has 1 atom stereocenters. The number of aliphatic carboxylic acids is 1. The van der Waals surface area contributed by atoms with E-state index in [1.807, 2.05) is 0 Å². The van der Waals surface area contributed by atoms with Gasteiger partial charge in [0.2, 0.25) is 5.91 Å². The van der Waals surface area contributed by atoms with Crippen molar-refractivity contribution in [2.24, 2.45) is 5.92 Å². The molecule has 1 saturated carbocycles. The third-order valence-electron chi connectivity index (χ3n) is 2.53. The summed E-state index contributed by atoms with van der Waals surface area (Å²) in [5, 5.41) is 8.66. The molecule has 2 rings (SSSR count). The number of hydrogen-bond donors (Lipinski definition) is 1. The lowest BCUT2D eigenvalue weighted by Crippen LogP contribution is -2.31. The molecule has 1 aliphatic carbocycles. The van der Waals surface area contributed by atoms with Gasteiger partial charge in [0, 0.05) is 12.6 Å². The van der Waals surface area contributed by atoms with Crippen LogP contribution in [0.5, 0.6) is 0 Å². The lowest BCUT2D eigenvalue weighted by atomic mass is 10.1. The zero-order chi connectivity index (χ0) is 8.72. The maximum atomic E-state index is 11.4. The highest BCUT2D eigenvalue weighted by Crippen LogP contribution is 2.32. The molecule has 1 heterocycles. The predicted molar refractivity (Wildman–Crippen MR) is 40.5 cm³/mol. The van der Waals surface area contributed by atoms with Gasteiger partial charge in [0.1, 0.15) is 5.92 Å². The number of carbonyl (C=O) groups is 2. The quantitative estimate of drug-likeness (QED) is 0.595. The van der Waals surface area contributed by atoms with Gasteiger partial charge >= 0.3 is 5.97 Å². The summed E-state index contributed by atoms with van der Waals surface area (Å²) in [6, 6.07) is 0.363. The Labute approximate surface area is 70.2 Å². The molecule has 4 heteroatoms. The van der Waals surface area contributed by atoms with Crippen LogP contribution in [-0.4, -0.2) is 34.5 Å². The third-order valence-corrected chi connectivity index (χ3v) is 2.53. The van der Waals surface area contributed by atoms with Crippen molar-refractivity contribution in [3.05, 3.63) is 0 Å². The number of rotatable bonds is 2. The van der Waals surface area contributed by atoms with E-state index in [1.54, 1.807) is 4.90 Å². The second kappa shape index (κ2) is 2.47. The summed E-state index contributed by atoms with van der Waals surface area (Å²) in [7, 11) is 0. The molecular formula is C8H11NO3. The van der Waals surface area contributed by atoms with Gasteiger partial charge in [-0.1, -0.05) is 0 Å². The van der Waals surface area contributed by atoms with E-state index < -0.39 is 11.9 Å². The normalized spacial score (nSPS) is 29.5. The Balaban J connectivity index is 2.05. The first kappa shape index (κ1) is 7.58. The van der Waals surface area contributed by atoms with E-state index in [1.165, 1.54) is 0 Å². The fraction of sp³-hybridized carbons (Fsp3) is 0.750. The van der Waals surface area contributed by atoms with Crippen LogP contribution in [0.1, 0.15) is 19.3 Å². The molecule has 0 bridgehead atoms. The second-order valence-corrected chi connectivity index (χ2v) is 3.44. The van der Waals surface area contributed by atoms with Gasteiger partial charge in [-0.3, -0.25) is 9.59 Å². The monoisotopic (exact) mass is 169 g/mol. The van der Waals surface area contributed by atoms with Gasteiger partial charge in [0.25, 0.3) is 0 Å². The van der Waals surface area contributed by atoms with Gasteiger partial charge in [-0.2, -0.15) is 0 Å². The Hall–Kier alpha value is -1.06. The SMILES string of the molecule is O=C(O)[C@H]1CCN(C2CC2)C1=O. The molecule has 0 aromatic heterocycles. The van der Waals surface area contributed by atoms with Gasteiger partial charge in [0.15, 0.2) is 0 Å². The van der Waals surface area contributed by atoms with E-state index in [2.05, 4.69) is 0 Å². The molecule has 1 aliphatic heterocycles. The Morgan fingerprint density at radius 2 is 2.08 bits per heavy atom. The number of carboxylic acids is 1. The number of hydrogen-bond acceptors (Lipinski definition) is 2. The maximum Gasteiger partial charge on any atom is 0.316 e. The largest absolute Gasteiger partial charge is 0.481 e. The lowest BCUT2D eigenvalue weighted by Gasteiger charge is -2.13. The highest BCUT2D eigenvalue weighted by molar-refractivity contribution is 5.98. The summed E-state index contributed by atoms with van der Waals surface area (Å²) in [4.78, 5) is 23.6. The molecule has 0 radical (unpaired) electrons. The summed E-state index contributed by atoms with van der Waals surface area (Å²) in [6.07, 6.45) is 2.60. The van der Waals surface area contributed by atoms with Crippen molar-refractivity contribution in [2.75, 3.05) is 6.54 Å². The highest BCUT2D eigenvalue weighted by atomic mass is 16.4.